The Balaban J connectivity index is 0.000000172. The van der Waals surface area contributed by atoms with E-state index in [9.17, 15) is 4.79 Å². The van der Waals surface area contributed by atoms with Gasteiger partial charge in [0.05, 0.1) is 39.6 Å². The summed E-state index contributed by atoms with van der Waals surface area (Å²) in [7, 11) is 0. The van der Waals surface area contributed by atoms with Gasteiger partial charge in [0.25, 0.3) is 0 Å². The van der Waals surface area contributed by atoms with Crippen LogP contribution in [0.4, 0.5) is 11.4 Å². The largest absolute Gasteiger partial charge is 0.397 e. The average Bonchev–Trinajstić information content (AvgIpc) is 2.92. The SMILES string of the molecule is Brc1ccc(-c2cnc3cc(Br)ccc3n2)cc1.Nc1ccc(Br)cc1N.O=C(CBr)c1ccc(Br)cc1. The molecule has 5 aromatic rings. The second kappa shape index (κ2) is 14.9. The highest BCUT2D eigenvalue weighted by atomic mass is 79.9. The maximum Gasteiger partial charge on any atom is 0.173 e. The van der Waals surface area contributed by atoms with Gasteiger partial charge in [-0.1, -0.05) is 104 Å². The number of rotatable bonds is 3. The molecule has 0 saturated heterocycles. The monoisotopic (exact) mass is 824 g/mol. The Morgan fingerprint density at radius 3 is 1.79 bits per heavy atom. The van der Waals surface area contributed by atoms with Crippen molar-refractivity contribution in [1.29, 1.82) is 0 Å². The van der Waals surface area contributed by atoms with Crippen LogP contribution < -0.4 is 11.5 Å². The molecule has 0 radical (unpaired) electrons. The molecule has 0 saturated carbocycles. The molecule has 38 heavy (non-hydrogen) atoms. The molecule has 0 fully saturated rings. The number of halogens is 5. The number of Topliss-reactive ketones (excluding diaryl/α,β-unsaturated/α-hetero) is 1. The molecule has 4 N–H and O–H groups in total. The van der Waals surface area contributed by atoms with E-state index < -0.39 is 0 Å². The molecule has 1 heterocycles. The summed E-state index contributed by atoms with van der Waals surface area (Å²) in [5.74, 6) is 0.109. The lowest BCUT2D eigenvalue weighted by Gasteiger charge is -2.03. The zero-order valence-electron chi connectivity index (χ0n) is 19.7. The number of hydrogen-bond acceptors (Lipinski definition) is 5. The van der Waals surface area contributed by atoms with Crippen molar-refractivity contribution >= 4 is 108 Å². The van der Waals surface area contributed by atoms with E-state index in [-0.39, 0.29) is 5.78 Å². The fraction of sp³-hybridized carbons (Fsp3) is 0.0357. The second-order valence-electron chi connectivity index (χ2n) is 7.73. The Labute approximate surface area is 263 Å². The number of benzene rings is 4. The smallest absolute Gasteiger partial charge is 0.173 e. The van der Waals surface area contributed by atoms with E-state index >= 15 is 0 Å². The number of carbonyl (C=O) groups excluding carboxylic acids is 1. The highest BCUT2D eigenvalue weighted by Crippen LogP contribution is 2.23. The van der Waals surface area contributed by atoms with E-state index in [2.05, 4.69) is 89.6 Å². The minimum absolute atomic E-state index is 0.109. The maximum atomic E-state index is 11.1. The lowest BCUT2D eigenvalue weighted by atomic mass is 10.1. The van der Waals surface area contributed by atoms with E-state index in [4.69, 9.17) is 11.5 Å². The van der Waals surface area contributed by atoms with E-state index in [0.29, 0.717) is 16.7 Å². The van der Waals surface area contributed by atoms with Crippen LogP contribution in [0.2, 0.25) is 0 Å². The van der Waals surface area contributed by atoms with E-state index in [0.717, 1.165) is 45.7 Å². The summed E-state index contributed by atoms with van der Waals surface area (Å²) in [5.41, 5.74) is 16.6. The summed E-state index contributed by atoms with van der Waals surface area (Å²) in [6, 6.07) is 26.7. The van der Waals surface area contributed by atoms with Crippen molar-refractivity contribution in [3.05, 3.63) is 115 Å². The summed E-state index contributed by atoms with van der Waals surface area (Å²) >= 11 is 16.5. The number of nitrogens with zero attached hydrogens (tertiary/aromatic N) is 2. The highest BCUT2D eigenvalue weighted by Gasteiger charge is 2.03. The molecule has 0 bridgehead atoms. The molecule has 10 heteroatoms. The molecule has 0 aliphatic rings. The van der Waals surface area contributed by atoms with Gasteiger partial charge < -0.3 is 11.5 Å². The van der Waals surface area contributed by atoms with Crippen molar-refractivity contribution in [1.82, 2.24) is 9.97 Å². The van der Waals surface area contributed by atoms with Gasteiger partial charge in [-0.2, -0.15) is 0 Å². The maximum absolute atomic E-state index is 11.1. The molecule has 1 aromatic heterocycles. The second-order valence-corrected chi connectivity index (χ2v) is 12.0. The number of nitrogens with two attached hydrogens (primary N) is 2. The number of fused-ring (bicyclic) bond motifs is 1. The van der Waals surface area contributed by atoms with Crippen molar-refractivity contribution in [2.24, 2.45) is 0 Å². The normalized spacial score (nSPS) is 10.1. The van der Waals surface area contributed by atoms with Gasteiger partial charge in [0.1, 0.15) is 0 Å². The van der Waals surface area contributed by atoms with Gasteiger partial charge in [-0.25, -0.2) is 4.98 Å². The summed E-state index contributed by atoms with van der Waals surface area (Å²) < 4.78 is 4.02. The molecule has 0 aliphatic heterocycles. The van der Waals surface area contributed by atoms with Crippen LogP contribution in [-0.4, -0.2) is 21.1 Å². The van der Waals surface area contributed by atoms with Gasteiger partial charge in [0, 0.05) is 29.0 Å². The van der Waals surface area contributed by atoms with Gasteiger partial charge in [-0.05, 0) is 60.7 Å². The van der Waals surface area contributed by atoms with Crippen molar-refractivity contribution in [3.8, 4) is 11.3 Å². The van der Waals surface area contributed by atoms with Gasteiger partial charge >= 0.3 is 0 Å². The van der Waals surface area contributed by atoms with E-state index in [1.807, 2.05) is 60.7 Å². The fourth-order valence-electron chi connectivity index (χ4n) is 3.00. The molecule has 4 aromatic carbocycles. The molecule has 0 aliphatic carbocycles. The quantitative estimate of drug-likeness (QED) is 0.107. The van der Waals surface area contributed by atoms with Crippen molar-refractivity contribution in [2.75, 3.05) is 16.8 Å². The molecular formula is C28H21Br5N4O. The van der Waals surface area contributed by atoms with E-state index in [1.54, 1.807) is 30.5 Å². The Morgan fingerprint density at radius 2 is 1.21 bits per heavy atom. The first-order chi connectivity index (χ1) is 18.2. The molecule has 5 nitrogen and oxygen atoms in total. The zero-order chi connectivity index (χ0) is 27.7. The predicted octanol–water partition coefficient (Wildman–Crippen LogP) is 9.46. The van der Waals surface area contributed by atoms with Crippen molar-refractivity contribution in [2.45, 2.75) is 0 Å². The molecule has 0 amide bonds. The molecule has 0 atom stereocenters. The Bertz CT molecular complexity index is 1530. The van der Waals surface area contributed by atoms with E-state index in [1.165, 1.54) is 0 Å². The summed E-state index contributed by atoms with van der Waals surface area (Å²) in [5, 5.41) is 0.384. The Morgan fingerprint density at radius 1 is 0.658 bits per heavy atom. The predicted molar refractivity (Wildman–Crippen MR) is 176 cm³/mol. The third kappa shape index (κ3) is 9.27. The Kier molecular flexibility index (Phi) is 11.9. The number of nitrogen functional groups attached to an aromatic ring is 2. The van der Waals surface area contributed by atoms with Crippen molar-refractivity contribution < 1.29 is 4.79 Å². The molecule has 194 valence electrons. The first-order valence-corrected chi connectivity index (χ1v) is 15.3. The van der Waals surface area contributed by atoms with Crippen LogP contribution in [0.5, 0.6) is 0 Å². The lowest BCUT2D eigenvalue weighted by molar-refractivity contribution is 0.102. The number of ketones is 1. The summed E-state index contributed by atoms with van der Waals surface area (Å²) in [4.78, 5) is 20.1. The summed E-state index contributed by atoms with van der Waals surface area (Å²) in [6.07, 6.45) is 1.80. The number of carbonyl (C=O) groups is 1. The number of anilines is 2. The molecular weight excluding hydrogens is 808 g/mol. The Hall–Kier alpha value is -2.11. The topological polar surface area (TPSA) is 94.9 Å². The fourth-order valence-corrected chi connectivity index (χ4v) is 4.58. The van der Waals surface area contributed by atoms with Crippen LogP contribution in [-0.2, 0) is 0 Å². The standard InChI is InChI=1S/C14H8Br2N2.C8H6Br2O.C6H7BrN2/c15-10-3-1-9(2-4-10)14-8-17-13-7-11(16)5-6-12(13)18-14;9-5-8(11)6-1-3-7(10)4-2-6;7-4-1-2-5(8)6(9)3-4/h1-8H;1-4H,5H2;1-3H,8-9H2. The van der Waals surface area contributed by atoms with Crippen LogP contribution in [0.1, 0.15) is 10.4 Å². The average molecular weight is 829 g/mol. The molecule has 0 spiro atoms. The third-order valence-corrected chi connectivity index (χ3v) is 7.53. The van der Waals surface area contributed by atoms with Crippen LogP contribution in [0.15, 0.2) is 109 Å². The highest BCUT2D eigenvalue weighted by molar-refractivity contribution is 9.11. The number of alkyl halides is 1. The van der Waals surface area contributed by atoms with Crippen LogP contribution >= 0.6 is 79.6 Å². The van der Waals surface area contributed by atoms with Crippen LogP contribution in [0.25, 0.3) is 22.3 Å². The minimum atomic E-state index is 0.109. The lowest BCUT2D eigenvalue weighted by Crippen LogP contribution is -1.98. The number of hydrogen-bond donors (Lipinski definition) is 2. The van der Waals surface area contributed by atoms with Gasteiger partial charge in [-0.3, -0.25) is 9.78 Å². The first kappa shape index (κ1) is 30.4. The number of aromatic nitrogens is 2. The van der Waals surface area contributed by atoms with Gasteiger partial charge in [0.2, 0.25) is 0 Å². The molecule has 0 unspecified atom stereocenters. The molecule has 5 rings (SSSR count). The summed E-state index contributed by atoms with van der Waals surface area (Å²) in [6.45, 7) is 0. The minimum Gasteiger partial charge on any atom is -0.397 e. The van der Waals surface area contributed by atoms with Crippen LogP contribution in [0.3, 0.4) is 0 Å². The van der Waals surface area contributed by atoms with Gasteiger partial charge in [0.15, 0.2) is 5.78 Å². The first-order valence-electron chi connectivity index (χ1n) is 11.0. The van der Waals surface area contributed by atoms with Gasteiger partial charge in [-0.15, -0.1) is 0 Å². The van der Waals surface area contributed by atoms with Crippen LogP contribution in [0, 0.1) is 0 Å². The third-order valence-electron chi connectivity index (χ3n) is 4.98. The van der Waals surface area contributed by atoms with Crippen molar-refractivity contribution in [3.63, 3.8) is 0 Å². The zero-order valence-corrected chi connectivity index (χ0v) is 27.6.